The molecule has 2 aromatic rings. The Hall–Kier alpha value is -3.52. The number of morpholine rings is 1. The summed E-state index contributed by atoms with van der Waals surface area (Å²) in [6.07, 6.45) is 2.85. The Morgan fingerprint density at radius 2 is 1.86 bits per heavy atom. The van der Waals surface area contributed by atoms with E-state index in [2.05, 4.69) is 5.32 Å². The van der Waals surface area contributed by atoms with Crippen LogP contribution >= 0.6 is 0 Å². The van der Waals surface area contributed by atoms with Gasteiger partial charge in [-0.3, -0.25) is 19.7 Å². The van der Waals surface area contributed by atoms with Crippen LogP contribution in [0.25, 0.3) is 6.08 Å². The van der Waals surface area contributed by atoms with E-state index in [1.54, 1.807) is 41.3 Å². The van der Waals surface area contributed by atoms with Crippen molar-refractivity contribution in [3.63, 3.8) is 0 Å². The smallest absolute Gasteiger partial charge is 0.270 e. The first-order valence-electron chi connectivity index (χ1n) is 9.19. The van der Waals surface area contributed by atoms with Crippen LogP contribution in [0.4, 0.5) is 5.69 Å². The molecule has 0 bridgehead atoms. The van der Waals surface area contributed by atoms with Gasteiger partial charge in [-0.2, -0.15) is 0 Å². The first kappa shape index (κ1) is 20.2. The zero-order valence-electron chi connectivity index (χ0n) is 15.7. The second kappa shape index (κ2) is 9.61. The highest BCUT2D eigenvalue weighted by Gasteiger charge is 2.18. The third kappa shape index (κ3) is 5.73. The van der Waals surface area contributed by atoms with E-state index in [-0.39, 0.29) is 17.5 Å². The average molecular weight is 395 g/mol. The summed E-state index contributed by atoms with van der Waals surface area (Å²) >= 11 is 0. The number of carbonyl (C=O) groups excluding carboxylic acids is 2. The number of nitro benzene ring substituents is 1. The number of amides is 2. The lowest BCUT2D eigenvalue weighted by atomic mass is 10.1. The molecule has 1 saturated heterocycles. The molecule has 0 atom stereocenters. The van der Waals surface area contributed by atoms with Crippen molar-refractivity contribution in [2.45, 2.75) is 6.54 Å². The number of ether oxygens (including phenoxy) is 1. The molecule has 1 aliphatic heterocycles. The van der Waals surface area contributed by atoms with Gasteiger partial charge in [0.2, 0.25) is 5.91 Å². The third-order valence-electron chi connectivity index (χ3n) is 4.47. The van der Waals surface area contributed by atoms with Gasteiger partial charge in [0, 0.05) is 43.4 Å². The molecule has 1 aliphatic rings. The fraction of sp³-hybridized carbons (Fsp3) is 0.238. The van der Waals surface area contributed by atoms with Gasteiger partial charge in [-0.1, -0.05) is 24.3 Å². The van der Waals surface area contributed by atoms with Crippen LogP contribution in [0.3, 0.4) is 0 Å². The topological polar surface area (TPSA) is 102 Å². The van der Waals surface area contributed by atoms with Crippen molar-refractivity contribution < 1.29 is 19.2 Å². The molecule has 3 rings (SSSR count). The summed E-state index contributed by atoms with van der Waals surface area (Å²) in [5.74, 6) is -0.339. The standard InChI is InChI=1S/C21H21N3O5/c25-20(9-6-16-2-1-3-19(14-16)24(27)28)22-15-17-4-7-18(8-5-17)21(26)23-10-12-29-13-11-23/h1-9,14H,10-13,15H2,(H,22,25)/b9-6+. The molecule has 0 aromatic heterocycles. The first-order valence-corrected chi connectivity index (χ1v) is 9.19. The van der Waals surface area contributed by atoms with E-state index in [0.29, 0.717) is 44.0 Å². The van der Waals surface area contributed by atoms with Crippen LogP contribution < -0.4 is 5.32 Å². The van der Waals surface area contributed by atoms with E-state index in [9.17, 15) is 19.7 Å². The average Bonchev–Trinajstić information content (AvgIpc) is 2.77. The normalized spacial score (nSPS) is 14.0. The Bertz CT molecular complexity index is 918. The molecule has 29 heavy (non-hydrogen) atoms. The van der Waals surface area contributed by atoms with Crippen molar-refractivity contribution in [2.75, 3.05) is 26.3 Å². The molecule has 8 nitrogen and oxygen atoms in total. The van der Waals surface area contributed by atoms with E-state index < -0.39 is 4.92 Å². The molecule has 2 amide bonds. The fourth-order valence-corrected chi connectivity index (χ4v) is 2.88. The van der Waals surface area contributed by atoms with Crippen LogP contribution in [0.15, 0.2) is 54.6 Å². The maximum atomic E-state index is 12.4. The predicted octanol–water partition coefficient (Wildman–Crippen LogP) is 2.40. The summed E-state index contributed by atoms with van der Waals surface area (Å²) < 4.78 is 5.25. The van der Waals surface area contributed by atoms with E-state index in [0.717, 1.165) is 5.56 Å². The molecule has 1 N–H and O–H groups in total. The Morgan fingerprint density at radius 3 is 2.55 bits per heavy atom. The van der Waals surface area contributed by atoms with Gasteiger partial charge >= 0.3 is 0 Å². The molecule has 0 radical (unpaired) electrons. The lowest BCUT2D eigenvalue weighted by Crippen LogP contribution is -2.40. The number of nitrogens with zero attached hydrogens (tertiary/aromatic N) is 2. The molecule has 0 saturated carbocycles. The number of hydrogen-bond donors (Lipinski definition) is 1. The summed E-state index contributed by atoms with van der Waals surface area (Å²) in [6, 6.07) is 13.1. The minimum Gasteiger partial charge on any atom is -0.378 e. The highest BCUT2D eigenvalue weighted by atomic mass is 16.6. The number of carbonyl (C=O) groups is 2. The largest absolute Gasteiger partial charge is 0.378 e. The van der Waals surface area contributed by atoms with Crippen LogP contribution in [0.1, 0.15) is 21.5 Å². The molecule has 0 aliphatic carbocycles. The van der Waals surface area contributed by atoms with E-state index in [4.69, 9.17) is 4.74 Å². The Balaban J connectivity index is 1.51. The zero-order valence-corrected chi connectivity index (χ0v) is 15.7. The lowest BCUT2D eigenvalue weighted by Gasteiger charge is -2.26. The fourth-order valence-electron chi connectivity index (χ4n) is 2.88. The summed E-state index contributed by atoms with van der Waals surface area (Å²) in [5.41, 5.74) is 2.01. The van der Waals surface area contributed by atoms with E-state index in [1.807, 2.05) is 0 Å². The first-order chi connectivity index (χ1) is 14.0. The van der Waals surface area contributed by atoms with Crippen molar-refractivity contribution in [1.29, 1.82) is 0 Å². The molecule has 150 valence electrons. The number of hydrogen-bond acceptors (Lipinski definition) is 5. The number of rotatable bonds is 6. The maximum absolute atomic E-state index is 12.4. The van der Waals surface area contributed by atoms with Crippen molar-refractivity contribution in [2.24, 2.45) is 0 Å². The molecule has 8 heteroatoms. The van der Waals surface area contributed by atoms with Gasteiger partial charge in [0.15, 0.2) is 0 Å². The predicted molar refractivity (Wildman–Crippen MR) is 107 cm³/mol. The van der Waals surface area contributed by atoms with Gasteiger partial charge in [0.1, 0.15) is 0 Å². The van der Waals surface area contributed by atoms with E-state index in [1.165, 1.54) is 24.3 Å². The van der Waals surface area contributed by atoms with Crippen LogP contribution in [0.5, 0.6) is 0 Å². The second-order valence-corrected chi connectivity index (χ2v) is 6.50. The number of non-ortho nitro benzene ring substituents is 1. The van der Waals surface area contributed by atoms with Gasteiger partial charge < -0.3 is 15.0 Å². The highest BCUT2D eigenvalue weighted by Crippen LogP contribution is 2.14. The van der Waals surface area contributed by atoms with Crippen LogP contribution in [0, 0.1) is 10.1 Å². The van der Waals surface area contributed by atoms with Gasteiger partial charge in [0.05, 0.1) is 18.1 Å². The number of benzene rings is 2. The van der Waals surface area contributed by atoms with Gasteiger partial charge in [-0.25, -0.2) is 0 Å². The lowest BCUT2D eigenvalue weighted by molar-refractivity contribution is -0.384. The van der Waals surface area contributed by atoms with Gasteiger partial charge in [0.25, 0.3) is 11.6 Å². The van der Waals surface area contributed by atoms with Crippen LogP contribution in [-0.4, -0.2) is 47.9 Å². The van der Waals surface area contributed by atoms with Crippen molar-refractivity contribution in [3.8, 4) is 0 Å². The molecule has 0 unspecified atom stereocenters. The number of nitro groups is 1. The summed E-state index contributed by atoms with van der Waals surface area (Å²) in [6.45, 7) is 2.60. The zero-order chi connectivity index (χ0) is 20.6. The van der Waals surface area contributed by atoms with Crippen molar-refractivity contribution >= 4 is 23.6 Å². The Labute approximate surface area is 167 Å². The monoisotopic (exact) mass is 395 g/mol. The molecular weight excluding hydrogens is 374 g/mol. The number of nitrogens with one attached hydrogen (secondary N) is 1. The Morgan fingerprint density at radius 1 is 1.14 bits per heavy atom. The molecule has 2 aromatic carbocycles. The minimum atomic E-state index is -0.481. The van der Waals surface area contributed by atoms with E-state index >= 15 is 0 Å². The van der Waals surface area contributed by atoms with Gasteiger partial charge in [-0.15, -0.1) is 0 Å². The highest BCUT2D eigenvalue weighted by molar-refractivity contribution is 5.94. The third-order valence-corrected chi connectivity index (χ3v) is 4.47. The van der Waals surface area contributed by atoms with Crippen LogP contribution in [-0.2, 0) is 16.1 Å². The molecular formula is C21H21N3O5. The van der Waals surface area contributed by atoms with Crippen LogP contribution in [0.2, 0.25) is 0 Å². The van der Waals surface area contributed by atoms with Crippen molar-refractivity contribution in [3.05, 3.63) is 81.4 Å². The van der Waals surface area contributed by atoms with Crippen molar-refractivity contribution in [1.82, 2.24) is 10.2 Å². The summed E-state index contributed by atoms with van der Waals surface area (Å²) in [5, 5.41) is 13.5. The van der Waals surface area contributed by atoms with Gasteiger partial charge in [-0.05, 0) is 29.3 Å². The quantitative estimate of drug-likeness (QED) is 0.460. The summed E-state index contributed by atoms with van der Waals surface area (Å²) in [7, 11) is 0. The molecule has 1 heterocycles. The summed E-state index contributed by atoms with van der Waals surface area (Å²) in [4.78, 5) is 36.5. The SMILES string of the molecule is O=C(/C=C/c1cccc([N+](=O)[O-])c1)NCc1ccc(C(=O)N2CCOCC2)cc1. The Kier molecular flexibility index (Phi) is 6.70. The molecule has 1 fully saturated rings. The second-order valence-electron chi connectivity index (χ2n) is 6.50. The molecule has 0 spiro atoms. The maximum Gasteiger partial charge on any atom is 0.270 e. The minimum absolute atomic E-state index is 0.0243.